The molecule has 0 saturated carbocycles. The van der Waals surface area contributed by atoms with Crippen molar-refractivity contribution in [3.63, 3.8) is 0 Å². The summed E-state index contributed by atoms with van der Waals surface area (Å²) in [5, 5.41) is 0. The molecular formula is C8H18Br4O7P2. The van der Waals surface area contributed by atoms with Crippen LogP contribution in [-0.2, 0) is 32.4 Å². The van der Waals surface area contributed by atoms with E-state index < -0.39 is 9.55 Å². The molecule has 0 amide bonds. The maximum atomic E-state index is 10.8. The molecule has 0 bridgehead atoms. The van der Waals surface area contributed by atoms with E-state index in [-0.39, 0.29) is 6.61 Å². The highest BCUT2D eigenvalue weighted by Gasteiger charge is 2.11. The van der Waals surface area contributed by atoms with E-state index >= 15 is 0 Å². The molecule has 130 valence electrons. The van der Waals surface area contributed by atoms with Crippen LogP contribution in [0.2, 0.25) is 0 Å². The standard InChI is InChI=1S/C5H11Br2O4P.C3H7Br2O3P/c1-9-2-3-10-4-5-11-12(6,7)8;1-7-2-3-8-9(4,5)6/h2-5H2,1H3;2-3H2,1H3. The molecule has 0 unspecified atom stereocenters. The Morgan fingerprint density at radius 2 is 1.00 bits per heavy atom. The van der Waals surface area contributed by atoms with Crippen LogP contribution < -0.4 is 0 Å². The van der Waals surface area contributed by atoms with Crippen LogP contribution in [0.15, 0.2) is 0 Å². The number of rotatable bonds is 11. The second-order valence-electron chi connectivity index (χ2n) is 3.09. The highest BCUT2D eigenvalue weighted by molar-refractivity contribution is 9.70. The largest absolute Gasteiger partial charge is 0.382 e. The van der Waals surface area contributed by atoms with Crippen molar-refractivity contribution in [1.82, 2.24) is 0 Å². The Morgan fingerprint density at radius 1 is 0.667 bits per heavy atom. The van der Waals surface area contributed by atoms with Crippen LogP contribution in [-0.4, -0.2) is 53.9 Å². The fourth-order valence-electron chi connectivity index (χ4n) is 0.674. The molecule has 0 rings (SSSR count). The maximum Gasteiger partial charge on any atom is 0.328 e. The number of methoxy groups -OCH3 is 2. The topological polar surface area (TPSA) is 80.3 Å². The third-order valence-electron chi connectivity index (χ3n) is 1.43. The van der Waals surface area contributed by atoms with E-state index in [2.05, 4.69) is 66.7 Å². The van der Waals surface area contributed by atoms with Gasteiger partial charge in [-0.2, -0.15) is 0 Å². The number of hydrogen-bond acceptors (Lipinski definition) is 7. The highest BCUT2D eigenvalue weighted by atomic mass is 79.9. The average molecular weight is 608 g/mol. The average Bonchev–Trinajstić information content (AvgIpc) is 2.32. The number of halogens is 4. The van der Waals surface area contributed by atoms with E-state index in [4.69, 9.17) is 18.5 Å². The lowest BCUT2D eigenvalue weighted by Gasteiger charge is -2.05. The van der Waals surface area contributed by atoms with Gasteiger partial charge in [-0.05, 0) is 0 Å². The van der Waals surface area contributed by atoms with E-state index in [0.717, 1.165) is 0 Å². The molecule has 0 aromatic carbocycles. The van der Waals surface area contributed by atoms with Crippen molar-refractivity contribution < 1.29 is 32.4 Å². The molecule has 0 fully saturated rings. The summed E-state index contributed by atoms with van der Waals surface area (Å²) in [6, 6.07) is 0. The molecule has 0 aliphatic heterocycles. The molecule has 7 nitrogen and oxygen atoms in total. The molecule has 0 heterocycles. The fourth-order valence-corrected chi connectivity index (χ4v) is 2.99. The molecule has 21 heavy (non-hydrogen) atoms. The normalized spacial score (nSPS) is 11.9. The van der Waals surface area contributed by atoms with Crippen molar-refractivity contribution in [3.8, 4) is 0 Å². The summed E-state index contributed by atoms with van der Waals surface area (Å²) in [6.45, 7) is 2.54. The molecule has 0 N–H and O–H groups in total. The van der Waals surface area contributed by atoms with Gasteiger partial charge in [-0.3, -0.25) is 9.13 Å². The van der Waals surface area contributed by atoms with Gasteiger partial charge in [0.05, 0.1) is 39.6 Å². The van der Waals surface area contributed by atoms with Gasteiger partial charge in [0.25, 0.3) is 0 Å². The summed E-state index contributed by atoms with van der Waals surface area (Å²) in [5.74, 6) is 0. The summed E-state index contributed by atoms with van der Waals surface area (Å²) in [6.07, 6.45) is 0. The third kappa shape index (κ3) is 30.6. The Balaban J connectivity index is 0. The van der Waals surface area contributed by atoms with Gasteiger partial charge in [0.1, 0.15) is 0 Å². The Hall–Kier alpha value is 2.18. The summed E-state index contributed by atoms with van der Waals surface area (Å²) < 4.78 is 40.1. The monoisotopic (exact) mass is 604 g/mol. The second kappa shape index (κ2) is 15.7. The van der Waals surface area contributed by atoms with Crippen molar-refractivity contribution in [2.24, 2.45) is 0 Å². The van der Waals surface area contributed by atoms with Gasteiger partial charge in [0.15, 0.2) is 0 Å². The third-order valence-corrected chi connectivity index (χ3v) is 4.85. The van der Waals surface area contributed by atoms with Crippen LogP contribution in [0, 0.1) is 0 Å². The zero-order valence-electron chi connectivity index (χ0n) is 11.5. The van der Waals surface area contributed by atoms with Gasteiger partial charge in [-0.15, -0.1) is 0 Å². The van der Waals surface area contributed by atoms with Crippen LogP contribution in [0.1, 0.15) is 0 Å². The van der Waals surface area contributed by atoms with Crippen molar-refractivity contribution in [1.29, 1.82) is 0 Å². The zero-order valence-corrected chi connectivity index (χ0v) is 19.6. The molecule has 0 radical (unpaired) electrons. The molecule has 0 atom stereocenters. The quantitative estimate of drug-likeness (QED) is 0.239. The van der Waals surface area contributed by atoms with E-state index in [1.165, 1.54) is 0 Å². The molecule has 0 aliphatic rings. The smallest absolute Gasteiger partial charge is 0.328 e. The van der Waals surface area contributed by atoms with Crippen molar-refractivity contribution >= 4 is 71.5 Å². The van der Waals surface area contributed by atoms with Gasteiger partial charge >= 0.3 is 9.55 Å². The van der Waals surface area contributed by atoms with Gasteiger partial charge in [-0.25, -0.2) is 0 Å². The first-order valence-electron chi connectivity index (χ1n) is 5.45. The first-order chi connectivity index (χ1) is 9.62. The van der Waals surface area contributed by atoms with Crippen LogP contribution in [0.3, 0.4) is 0 Å². The van der Waals surface area contributed by atoms with Crippen molar-refractivity contribution in [2.75, 3.05) is 53.9 Å². The van der Waals surface area contributed by atoms with Gasteiger partial charge < -0.3 is 23.3 Å². The lowest BCUT2D eigenvalue weighted by Crippen LogP contribution is -2.06. The summed E-state index contributed by atoms with van der Waals surface area (Å²) >= 11 is 11.3. The van der Waals surface area contributed by atoms with Crippen LogP contribution >= 0.6 is 71.5 Å². The summed E-state index contributed by atoms with van der Waals surface area (Å²) in [4.78, 5) is 0. The predicted molar refractivity (Wildman–Crippen MR) is 97.4 cm³/mol. The van der Waals surface area contributed by atoms with Crippen LogP contribution in [0.5, 0.6) is 0 Å². The predicted octanol–water partition coefficient (Wildman–Crippen LogP) is 5.11. The number of ether oxygens (including phenoxy) is 3. The molecule has 0 aromatic rings. The van der Waals surface area contributed by atoms with Crippen LogP contribution in [0.25, 0.3) is 0 Å². The lowest BCUT2D eigenvalue weighted by molar-refractivity contribution is 0.0561. The minimum atomic E-state index is -2.71. The molecular weight excluding hydrogens is 590 g/mol. The molecule has 0 aromatic heterocycles. The van der Waals surface area contributed by atoms with Crippen molar-refractivity contribution in [2.45, 2.75) is 0 Å². The van der Waals surface area contributed by atoms with Gasteiger partial charge in [0.2, 0.25) is 0 Å². The highest BCUT2D eigenvalue weighted by Crippen LogP contribution is 2.62. The summed E-state index contributed by atoms with van der Waals surface area (Å²) in [7, 11) is 3.15. The molecule has 0 saturated heterocycles. The molecule has 0 aliphatic carbocycles. The Bertz CT molecular complexity index is 322. The summed E-state index contributed by atoms with van der Waals surface area (Å²) in [5.41, 5.74) is 0. The van der Waals surface area contributed by atoms with E-state index in [9.17, 15) is 9.13 Å². The van der Waals surface area contributed by atoms with Crippen molar-refractivity contribution in [3.05, 3.63) is 0 Å². The minimum absolute atomic E-state index is 0.289. The fraction of sp³-hybridized carbons (Fsp3) is 1.00. The maximum absolute atomic E-state index is 10.8. The first kappa shape index (κ1) is 25.4. The first-order valence-corrected chi connectivity index (χ1v) is 16.8. The van der Waals surface area contributed by atoms with E-state index in [1.54, 1.807) is 14.2 Å². The minimum Gasteiger partial charge on any atom is -0.382 e. The molecule has 0 spiro atoms. The lowest BCUT2D eigenvalue weighted by atomic mass is 10.7. The van der Waals surface area contributed by atoms with E-state index in [1.807, 2.05) is 0 Å². The Morgan fingerprint density at radius 3 is 1.38 bits per heavy atom. The Kier molecular flexibility index (Phi) is 19.0. The van der Waals surface area contributed by atoms with Crippen LogP contribution in [0.4, 0.5) is 0 Å². The zero-order chi connectivity index (χ0) is 16.8. The number of hydrogen-bond donors (Lipinski definition) is 0. The van der Waals surface area contributed by atoms with Gasteiger partial charge in [-0.1, -0.05) is 0 Å². The van der Waals surface area contributed by atoms with E-state index in [0.29, 0.717) is 33.0 Å². The SMILES string of the molecule is COCCOCCOP(=O)(Br)Br.COCCOP(=O)(Br)Br. The van der Waals surface area contributed by atoms with Gasteiger partial charge in [0, 0.05) is 76.2 Å². The second-order valence-corrected chi connectivity index (χ2v) is 22.2. The Labute approximate surface area is 157 Å². The molecule has 13 heteroatoms.